The number of nitrogens with zero attached hydrogens (tertiary/aromatic N) is 1. The minimum absolute atomic E-state index is 0.234. The van der Waals surface area contributed by atoms with Crippen LogP contribution in [-0.4, -0.2) is 37.1 Å². The normalized spacial score (nSPS) is 15.2. The predicted molar refractivity (Wildman–Crippen MR) is 94.8 cm³/mol. The molecule has 10 heteroatoms. The molecule has 136 valence electrons. The molecule has 1 aromatic carbocycles. The van der Waals surface area contributed by atoms with Gasteiger partial charge in [-0.25, -0.2) is 17.5 Å². The van der Waals surface area contributed by atoms with E-state index in [-0.39, 0.29) is 17.9 Å². The zero-order valence-electron chi connectivity index (χ0n) is 13.5. The third-order valence-electron chi connectivity index (χ3n) is 3.69. The quantitative estimate of drug-likeness (QED) is 0.807. The maximum Gasteiger partial charge on any atom is 0.321 e. The summed E-state index contributed by atoms with van der Waals surface area (Å²) in [5.41, 5.74) is 0.625. The molecular weight excluding hydrogens is 378 g/mol. The summed E-state index contributed by atoms with van der Waals surface area (Å²) in [6, 6.07) is 9.21. The van der Waals surface area contributed by atoms with Crippen LogP contribution in [0.1, 0.15) is 20.8 Å². The van der Waals surface area contributed by atoms with Gasteiger partial charge in [0.1, 0.15) is 6.54 Å². The number of imide groups is 1. The van der Waals surface area contributed by atoms with E-state index in [1.54, 1.807) is 18.2 Å². The van der Waals surface area contributed by atoms with Crippen molar-refractivity contribution in [2.75, 3.05) is 6.54 Å². The highest BCUT2D eigenvalue weighted by Crippen LogP contribution is 2.24. The van der Waals surface area contributed by atoms with Crippen LogP contribution in [-0.2, 0) is 27.1 Å². The average Bonchev–Trinajstić information content (AvgIpc) is 3.10. The van der Waals surface area contributed by atoms with Gasteiger partial charge in [0.05, 0.1) is 12.3 Å². The number of amides is 4. The molecule has 0 bridgehead atoms. The van der Waals surface area contributed by atoms with Crippen molar-refractivity contribution in [1.82, 2.24) is 14.9 Å². The first-order valence-corrected chi connectivity index (χ1v) is 10.1. The molecule has 0 fully saturated rings. The van der Waals surface area contributed by atoms with Gasteiger partial charge in [0, 0.05) is 10.4 Å². The number of fused-ring (bicyclic) bond motifs is 1. The second-order valence-corrected chi connectivity index (χ2v) is 8.46. The molecule has 2 N–H and O–H groups in total. The van der Waals surface area contributed by atoms with Crippen molar-refractivity contribution in [3.63, 3.8) is 0 Å². The Morgan fingerprint density at radius 3 is 2.65 bits per heavy atom. The van der Waals surface area contributed by atoms with Crippen LogP contribution in [0, 0.1) is 0 Å². The number of carbonyl (C=O) groups excluding carboxylic acids is 3. The lowest BCUT2D eigenvalue weighted by atomic mass is 10.1. The number of carbonyl (C=O) groups is 3. The molecule has 0 unspecified atom stereocenters. The van der Waals surface area contributed by atoms with Gasteiger partial charge in [0.15, 0.2) is 0 Å². The first-order chi connectivity index (χ1) is 12.4. The van der Waals surface area contributed by atoms with E-state index in [4.69, 9.17) is 0 Å². The van der Waals surface area contributed by atoms with Crippen LogP contribution >= 0.6 is 11.3 Å². The SMILES string of the molecule is O=C(CN1C(=O)c2ccccc2CS1(=O)=O)NC(=O)NCc1cccs1. The predicted octanol–water partition coefficient (Wildman–Crippen LogP) is 1.06. The fourth-order valence-electron chi connectivity index (χ4n) is 2.48. The van der Waals surface area contributed by atoms with Crippen LogP contribution in [0.25, 0.3) is 0 Å². The van der Waals surface area contributed by atoms with Gasteiger partial charge in [-0.15, -0.1) is 11.3 Å². The number of hydrogen-bond donors (Lipinski definition) is 2. The van der Waals surface area contributed by atoms with Gasteiger partial charge >= 0.3 is 6.03 Å². The van der Waals surface area contributed by atoms with Crippen LogP contribution in [0.15, 0.2) is 41.8 Å². The van der Waals surface area contributed by atoms with Crippen LogP contribution in [0.3, 0.4) is 0 Å². The number of benzene rings is 1. The number of thiophene rings is 1. The van der Waals surface area contributed by atoms with Crippen molar-refractivity contribution >= 4 is 39.2 Å². The monoisotopic (exact) mass is 393 g/mol. The van der Waals surface area contributed by atoms with Crippen LogP contribution in [0.5, 0.6) is 0 Å². The minimum Gasteiger partial charge on any atom is -0.333 e. The minimum atomic E-state index is -3.97. The molecule has 0 radical (unpaired) electrons. The van der Waals surface area contributed by atoms with E-state index >= 15 is 0 Å². The van der Waals surface area contributed by atoms with Crippen LogP contribution < -0.4 is 10.6 Å². The average molecular weight is 393 g/mol. The van der Waals surface area contributed by atoms with E-state index in [0.717, 1.165) is 4.88 Å². The van der Waals surface area contributed by atoms with Gasteiger partial charge in [-0.1, -0.05) is 24.3 Å². The molecule has 4 amide bonds. The lowest BCUT2D eigenvalue weighted by molar-refractivity contribution is -0.120. The Hall–Kier alpha value is -2.72. The number of sulfonamides is 1. The lowest BCUT2D eigenvalue weighted by Crippen LogP contribution is -2.49. The third-order valence-corrected chi connectivity index (χ3v) is 6.21. The Balaban J connectivity index is 1.63. The Morgan fingerprint density at radius 2 is 1.92 bits per heavy atom. The second kappa shape index (κ2) is 7.26. The first-order valence-electron chi connectivity index (χ1n) is 7.59. The Morgan fingerprint density at radius 1 is 1.15 bits per heavy atom. The fraction of sp³-hybridized carbons (Fsp3) is 0.188. The molecule has 26 heavy (non-hydrogen) atoms. The van der Waals surface area contributed by atoms with Crippen molar-refractivity contribution in [2.45, 2.75) is 12.3 Å². The molecule has 2 heterocycles. The van der Waals surface area contributed by atoms with Gasteiger partial charge in [0.25, 0.3) is 5.91 Å². The van der Waals surface area contributed by atoms with Gasteiger partial charge < -0.3 is 5.32 Å². The van der Waals surface area contributed by atoms with Gasteiger partial charge in [-0.3, -0.25) is 14.9 Å². The molecule has 2 aromatic rings. The van der Waals surface area contributed by atoms with E-state index in [2.05, 4.69) is 5.32 Å². The summed E-state index contributed by atoms with van der Waals surface area (Å²) in [5, 5.41) is 6.37. The highest BCUT2D eigenvalue weighted by Gasteiger charge is 2.37. The van der Waals surface area contributed by atoms with Crippen molar-refractivity contribution in [1.29, 1.82) is 0 Å². The number of rotatable bonds is 4. The maximum atomic E-state index is 12.4. The molecule has 1 aromatic heterocycles. The van der Waals surface area contributed by atoms with E-state index in [0.29, 0.717) is 9.87 Å². The Bertz CT molecular complexity index is 954. The zero-order valence-corrected chi connectivity index (χ0v) is 15.1. The number of urea groups is 1. The second-order valence-electron chi connectivity index (χ2n) is 5.54. The topological polar surface area (TPSA) is 113 Å². The van der Waals surface area contributed by atoms with Crippen LogP contribution in [0.4, 0.5) is 4.79 Å². The first kappa shape index (κ1) is 18.1. The highest BCUT2D eigenvalue weighted by molar-refractivity contribution is 7.89. The van der Waals surface area contributed by atoms with Crippen molar-refractivity contribution < 1.29 is 22.8 Å². The van der Waals surface area contributed by atoms with Crippen molar-refractivity contribution in [3.05, 3.63) is 57.8 Å². The summed E-state index contributed by atoms with van der Waals surface area (Å²) in [6.07, 6.45) is 0. The van der Waals surface area contributed by atoms with E-state index < -0.39 is 34.4 Å². The molecule has 0 atom stereocenters. The summed E-state index contributed by atoms with van der Waals surface area (Å²) in [6.45, 7) is -0.507. The summed E-state index contributed by atoms with van der Waals surface area (Å²) in [5.74, 6) is -2.03. The van der Waals surface area contributed by atoms with Gasteiger partial charge in [0.2, 0.25) is 15.9 Å². The standard InChI is InChI=1S/C16H15N3O5S2/c20-14(18-16(22)17-8-12-5-3-7-25-12)9-19-15(21)13-6-2-1-4-11(13)10-26(19,23)24/h1-7H,8-10H2,(H2,17,18,20,22). The molecule has 0 saturated heterocycles. The zero-order chi connectivity index (χ0) is 18.7. The molecule has 0 saturated carbocycles. The van der Waals surface area contributed by atoms with Crippen molar-refractivity contribution in [3.8, 4) is 0 Å². The summed E-state index contributed by atoms with van der Waals surface area (Å²) < 4.78 is 25.1. The number of hydrogen-bond acceptors (Lipinski definition) is 6. The van der Waals surface area contributed by atoms with E-state index in [1.807, 2.05) is 22.8 Å². The fourth-order valence-corrected chi connectivity index (χ4v) is 4.59. The molecule has 0 spiro atoms. The highest BCUT2D eigenvalue weighted by atomic mass is 32.2. The molecule has 1 aliphatic heterocycles. The van der Waals surface area contributed by atoms with Crippen LogP contribution in [0.2, 0.25) is 0 Å². The molecule has 1 aliphatic rings. The smallest absolute Gasteiger partial charge is 0.321 e. The van der Waals surface area contributed by atoms with E-state index in [9.17, 15) is 22.8 Å². The van der Waals surface area contributed by atoms with E-state index in [1.165, 1.54) is 17.4 Å². The third kappa shape index (κ3) is 3.92. The molecule has 0 aliphatic carbocycles. The van der Waals surface area contributed by atoms with Gasteiger partial charge in [-0.05, 0) is 23.1 Å². The molecule has 3 rings (SSSR count). The molecular formula is C16H15N3O5S2. The van der Waals surface area contributed by atoms with Crippen molar-refractivity contribution in [2.24, 2.45) is 0 Å². The summed E-state index contributed by atoms with van der Waals surface area (Å²) >= 11 is 1.45. The molecule has 8 nitrogen and oxygen atoms in total. The summed E-state index contributed by atoms with van der Waals surface area (Å²) in [7, 11) is -3.97. The van der Waals surface area contributed by atoms with Gasteiger partial charge in [-0.2, -0.15) is 0 Å². The Labute approximate surface area is 153 Å². The summed E-state index contributed by atoms with van der Waals surface area (Å²) in [4.78, 5) is 37.0. The Kier molecular flexibility index (Phi) is 5.05. The lowest BCUT2D eigenvalue weighted by Gasteiger charge is -2.27. The maximum absolute atomic E-state index is 12.4. The largest absolute Gasteiger partial charge is 0.333 e. The number of nitrogens with one attached hydrogen (secondary N) is 2.